The summed E-state index contributed by atoms with van der Waals surface area (Å²) in [5.74, 6) is 0. The molecular weight excluding hydrogens is 588 g/mol. The van der Waals surface area contributed by atoms with E-state index in [1.807, 2.05) is 0 Å². The monoisotopic (exact) mass is 612 g/mol. The molecule has 9 rings (SSSR count). The number of nitrogens with zero attached hydrogens (tertiary/aromatic N) is 2. The van der Waals surface area contributed by atoms with Crippen LogP contribution in [0.25, 0.3) is 77.9 Å². The minimum absolute atomic E-state index is 1.07. The molecule has 3 heteroatoms. The first kappa shape index (κ1) is 24.5. The van der Waals surface area contributed by atoms with E-state index in [1.54, 1.807) is 0 Å². The van der Waals surface area contributed by atoms with Gasteiger partial charge >= 0.3 is 0 Å². The van der Waals surface area contributed by atoms with Crippen molar-refractivity contribution in [2.75, 3.05) is 0 Å². The van der Waals surface area contributed by atoms with E-state index in [1.165, 1.54) is 66.6 Å². The summed E-state index contributed by atoms with van der Waals surface area (Å²) in [4.78, 5) is 0. The first-order valence-corrected chi connectivity index (χ1v) is 15.4. The summed E-state index contributed by atoms with van der Waals surface area (Å²) >= 11 is 3.85. The Morgan fingerprint density at radius 1 is 0.372 bits per heavy atom. The van der Waals surface area contributed by atoms with Crippen LogP contribution >= 0.6 is 15.9 Å². The molecule has 0 aliphatic heterocycles. The fourth-order valence-electron chi connectivity index (χ4n) is 7.06. The zero-order chi connectivity index (χ0) is 28.5. The average Bonchev–Trinajstić information content (AvgIpc) is 3.58. The van der Waals surface area contributed by atoms with Crippen LogP contribution in [0.5, 0.6) is 0 Å². The second-order valence-electron chi connectivity index (χ2n) is 11.1. The number of hydrogen-bond donors (Lipinski definition) is 0. The highest BCUT2D eigenvalue weighted by Gasteiger charge is 2.32. The molecule has 0 N–H and O–H groups in total. The third kappa shape index (κ3) is 3.52. The van der Waals surface area contributed by atoms with Crippen molar-refractivity contribution < 1.29 is 0 Å². The third-order valence-corrected chi connectivity index (χ3v) is 9.23. The van der Waals surface area contributed by atoms with Gasteiger partial charge in [-0.1, -0.05) is 119 Å². The van der Waals surface area contributed by atoms with Gasteiger partial charge in [-0.25, -0.2) is 0 Å². The first-order valence-electron chi connectivity index (χ1n) is 14.6. The van der Waals surface area contributed by atoms with Crippen molar-refractivity contribution in [1.29, 1.82) is 0 Å². The van der Waals surface area contributed by atoms with Crippen LogP contribution in [0.2, 0.25) is 0 Å². The lowest BCUT2D eigenvalue weighted by atomic mass is 9.84. The van der Waals surface area contributed by atoms with Crippen LogP contribution in [0.4, 0.5) is 0 Å². The molecule has 2 nitrogen and oxygen atoms in total. The second kappa shape index (κ2) is 9.45. The van der Waals surface area contributed by atoms with Gasteiger partial charge in [-0.2, -0.15) is 0 Å². The standard InChI is InChI=1S/C40H25BrN2/c41-26-23-24-29-34(25-26)38-33-20-10-12-22-36(33)43(28-15-5-2-6-16-28)40(38)31-18-8-7-17-30(31)39-37(29)32-19-9-11-21-35(32)42(39)27-13-3-1-4-14-27/h1-25H. The quantitative estimate of drug-likeness (QED) is 0.184. The Hall–Kier alpha value is -5.12. The highest BCUT2D eigenvalue weighted by molar-refractivity contribution is 9.10. The van der Waals surface area contributed by atoms with Crippen LogP contribution in [0.3, 0.4) is 0 Å². The highest BCUT2D eigenvalue weighted by atomic mass is 79.9. The lowest BCUT2D eigenvalue weighted by Gasteiger charge is -2.23. The van der Waals surface area contributed by atoms with Gasteiger partial charge in [0.25, 0.3) is 0 Å². The molecule has 0 amide bonds. The lowest BCUT2D eigenvalue weighted by molar-refractivity contribution is 1.12. The smallest absolute Gasteiger partial charge is 0.0626 e. The molecule has 2 heterocycles. The zero-order valence-electron chi connectivity index (χ0n) is 23.2. The Bertz CT molecular complexity index is 2340. The molecule has 1 aliphatic rings. The van der Waals surface area contributed by atoms with Gasteiger partial charge in [0.05, 0.1) is 22.4 Å². The van der Waals surface area contributed by atoms with Crippen LogP contribution in [-0.4, -0.2) is 9.13 Å². The Morgan fingerprint density at radius 2 is 0.814 bits per heavy atom. The predicted molar refractivity (Wildman–Crippen MR) is 183 cm³/mol. The SMILES string of the molecule is Brc1ccc2c(c1)-c1c(n(-c3ccccc3)c3ccccc13)-c1ccccc1-c1c-2c2ccccc2n1-c1ccccc1. The number of fused-ring (bicyclic) bond motifs is 12. The van der Waals surface area contributed by atoms with Crippen LogP contribution in [0.15, 0.2) is 156 Å². The Morgan fingerprint density at radius 3 is 1.35 bits per heavy atom. The van der Waals surface area contributed by atoms with E-state index in [0.29, 0.717) is 0 Å². The fraction of sp³-hybridized carbons (Fsp3) is 0. The van der Waals surface area contributed by atoms with Gasteiger partial charge < -0.3 is 9.13 Å². The van der Waals surface area contributed by atoms with Crippen molar-refractivity contribution in [3.8, 4) is 56.1 Å². The summed E-state index contributed by atoms with van der Waals surface area (Å²) < 4.78 is 5.97. The summed E-state index contributed by atoms with van der Waals surface area (Å²) in [6, 6.07) is 54.9. The molecule has 0 unspecified atom stereocenters. The van der Waals surface area contributed by atoms with E-state index >= 15 is 0 Å². The van der Waals surface area contributed by atoms with Crippen LogP contribution in [-0.2, 0) is 0 Å². The van der Waals surface area contributed by atoms with E-state index in [0.717, 1.165) is 15.8 Å². The number of halogens is 1. The molecule has 0 fully saturated rings. The molecule has 0 spiro atoms. The molecule has 0 bridgehead atoms. The maximum Gasteiger partial charge on any atom is 0.0626 e. The van der Waals surface area contributed by atoms with Crippen molar-refractivity contribution in [3.05, 3.63) is 156 Å². The summed E-state index contributed by atoms with van der Waals surface area (Å²) in [6.07, 6.45) is 0. The zero-order valence-corrected chi connectivity index (χ0v) is 24.8. The van der Waals surface area contributed by atoms with E-state index in [2.05, 4.69) is 177 Å². The molecule has 2 aromatic heterocycles. The number of rotatable bonds is 2. The number of benzene rings is 6. The van der Waals surface area contributed by atoms with Crippen LogP contribution in [0.1, 0.15) is 0 Å². The van der Waals surface area contributed by atoms with E-state index in [4.69, 9.17) is 0 Å². The minimum Gasteiger partial charge on any atom is -0.309 e. The van der Waals surface area contributed by atoms with Gasteiger partial charge in [0.15, 0.2) is 0 Å². The second-order valence-corrected chi connectivity index (χ2v) is 12.0. The molecule has 0 atom stereocenters. The predicted octanol–water partition coefficient (Wildman–Crippen LogP) is 11.3. The van der Waals surface area contributed by atoms with Crippen LogP contribution in [0, 0.1) is 0 Å². The van der Waals surface area contributed by atoms with Gasteiger partial charge in [-0.15, -0.1) is 0 Å². The van der Waals surface area contributed by atoms with Crippen molar-refractivity contribution in [2.24, 2.45) is 0 Å². The molecular formula is C40H25BrN2. The van der Waals surface area contributed by atoms with Crippen molar-refractivity contribution in [3.63, 3.8) is 0 Å². The van der Waals surface area contributed by atoms with Gasteiger partial charge in [0.1, 0.15) is 0 Å². The number of hydrogen-bond acceptors (Lipinski definition) is 0. The first-order chi connectivity index (χ1) is 21.3. The summed E-state index contributed by atoms with van der Waals surface area (Å²) in [6.45, 7) is 0. The van der Waals surface area contributed by atoms with Crippen LogP contribution < -0.4 is 0 Å². The average molecular weight is 614 g/mol. The van der Waals surface area contributed by atoms with E-state index in [9.17, 15) is 0 Å². The summed E-state index contributed by atoms with van der Waals surface area (Å²) in [5.41, 5.74) is 14.5. The Kier molecular flexibility index (Phi) is 5.38. The topological polar surface area (TPSA) is 9.86 Å². The molecule has 6 aromatic carbocycles. The minimum atomic E-state index is 1.07. The molecule has 1 aliphatic carbocycles. The normalized spacial score (nSPS) is 11.8. The molecule has 0 saturated carbocycles. The van der Waals surface area contributed by atoms with Crippen molar-refractivity contribution >= 4 is 37.7 Å². The van der Waals surface area contributed by atoms with Gasteiger partial charge in [-0.05, 0) is 59.7 Å². The highest BCUT2D eigenvalue weighted by Crippen LogP contribution is 2.55. The maximum atomic E-state index is 3.85. The largest absolute Gasteiger partial charge is 0.309 e. The Balaban J connectivity index is 1.56. The van der Waals surface area contributed by atoms with E-state index < -0.39 is 0 Å². The lowest BCUT2D eigenvalue weighted by Crippen LogP contribution is -2.04. The molecule has 8 aromatic rings. The van der Waals surface area contributed by atoms with Gasteiger partial charge in [0, 0.05) is 48.9 Å². The Labute approximate surface area is 258 Å². The van der Waals surface area contributed by atoms with Gasteiger partial charge in [-0.3, -0.25) is 0 Å². The molecule has 43 heavy (non-hydrogen) atoms. The summed E-state index contributed by atoms with van der Waals surface area (Å²) in [5, 5.41) is 2.49. The number of para-hydroxylation sites is 4. The van der Waals surface area contributed by atoms with Crippen molar-refractivity contribution in [1.82, 2.24) is 9.13 Å². The summed E-state index contributed by atoms with van der Waals surface area (Å²) in [7, 11) is 0. The van der Waals surface area contributed by atoms with E-state index in [-0.39, 0.29) is 0 Å². The maximum absolute atomic E-state index is 3.85. The number of aromatic nitrogens is 2. The molecule has 202 valence electrons. The fourth-order valence-corrected chi connectivity index (χ4v) is 7.42. The molecule has 0 saturated heterocycles. The third-order valence-electron chi connectivity index (χ3n) is 8.74. The molecule has 0 radical (unpaired) electrons. The van der Waals surface area contributed by atoms with Gasteiger partial charge in [0.2, 0.25) is 0 Å². The van der Waals surface area contributed by atoms with Crippen molar-refractivity contribution in [2.45, 2.75) is 0 Å².